The van der Waals surface area contributed by atoms with Gasteiger partial charge in [-0.15, -0.1) is 0 Å². The van der Waals surface area contributed by atoms with E-state index in [2.05, 4.69) is 19.1 Å². The Morgan fingerprint density at radius 2 is 1.20 bits per heavy atom. The smallest absolute Gasteiger partial charge is 0.307 e. The third kappa shape index (κ3) is 16.5. The van der Waals surface area contributed by atoms with Crippen molar-refractivity contribution in [3.63, 3.8) is 0 Å². The fourth-order valence-electron chi connectivity index (χ4n) is 3.87. The first kappa shape index (κ1) is 28.7. The molecular formula is C26H49NO3. The van der Waals surface area contributed by atoms with E-state index in [1.807, 2.05) is 13.8 Å². The van der Waals surface area contributed by atoms with E-state index >= 15 is 0 Å². The van der Waals surface area contributed by atoms with Gasteiger partial charge in [-0.05, 0) is 46.0 Å². The Morgan fingerprint density at radius 1 is 0.733 bits per heavy atom. The molecule has 1 N–H and O–H groups in total. The van der Waals surface area contributed by atoms with E-state index in [4.69, 9.17) is 0 Å². The number of nitrogens with zero attached hydrogens (tertiary/aromatic N) is 1. The van der Waals surface area contributed by atoms with Crippen molar-refractivity contribution < 1.29 is 14.7 Å². The summed E-state index contributed by atoms with van der Waals surface area (Å²) in [6, 6.07) is 0. The Morgan fingerprint density at radius 3 is 1.67 bits per heavy atom. The molecule has 0 heterocycles. The molecule has 0 aliphatic heterocycles. The van der Waals surface area contributed by atoms with Crippen LogP contribution >= 0.6 is 0 Å². The summed E-state index contributed by atoms with van der Waals surface area (Å²) in [5.41, 5.74) is 0. The zero-order valence-electron chi connectivity index (χ0n) is 20.2. The number of hydrogen-bond acceptors (Lipinski definition) is 2. The summed E-state index contributed by atoms with van der Waals surface area (Å²) in [5.74, 6) is -1.40. The minimum atomic E-state index is -0.832. The van der Waals surface area contributed by atoms with Crippen LogP contribution in [0.2, 0.25) is 0 Å². The minimum Gasteiger partial charge on any atom is -0.481 e. The Labute approximate surface area is 186 Å². The summed E-state index contributed by atoms with van der Waals surface area (Å²) in [6.07, 6.45) is 22.9. The van der Waals surface area contributed by atoms with Gasteiger partial charge in [-0.25, -0.2) is 0 Å². The van der Waals surface area contributed by atoms with Crippen LogP contribution in [0.25, 0.3) is 0 Å². The van der Waals surface area contributed by atoms with Crippen molar-refractivity contribution in [1.82, 2.24) is 4.90 Å². The highest BCUT2D eigenvalue weighted by Crippen LogP contribution is 2.17. The number of hydrogen-bond donors (Lipinski definition) is 1. The molecule has 176 valence electrons. The van der Waals surface area contributed by atoms with E-state index in [1.165, 1.54) is 64.2 Å². The van der Waals surface area contributed by atoms with E-state index in [1.54, 1.807) is 4.90 Å². The van der Waals surface area contributed by atoms with Crippen LogP contribution < -0.4 is 0 Å². The summed E-state index contributed by atoms with van der Waals surface area (Å²) < 4.78 is 0. The summed E-state index contributed by atoms with van der Waals surface area (Å²) in [4.78, 5) is 25.3. The molecule has 0 aromatic carbocycles. The molecule has 0 spiro atoms. The normalized spacial score (nSPS) is 12.4. The van der Waals surface area contributed by atoms with Gasteiger partial charge in [0.1, 0.15) is 0 Å². The number of amides is 1. The van der Waals surface area contributed by atoms with Crippen LogP contribution in [0.5, 0.6) is 0 Å². The zero-order valence-corrected chi connectivity index (χ0v) is 20.2. The molecule has 0 bridgehead atoms. The summed E-state index contributed by atoms with van der Waals surface area (Å²) in [5, 5.41) is 9.40. The van der Waals surface area contributed by atoms with Gasteiger partial charge >= 0.3 is 5.97 Å². The molecule has 4 heteroatoms. The van der Waals surface area contributed by atoms with Crippen molar-refractivity contribution in [3.05, 3.63) is 12.2 Å². The highest BCUT2D eigenvalue weighted by molar-refractivity contribution is 5.82. The molecule has 0 rings (SSSR count). The first-order valence-electron chi connectivity index (χ1n) is 12.7. The maximum Gasteiger partial charge on any atom is 0.307 e. The third-order valence-corrected chi connectivity index (χ3v) is 5.95. The lowest BCUT2D eigenvalue weighted by atomic mass is 9.96. The minimum absolute atomic E-state index is 0.0318. The zero-order chi connectivity index (χ0) is 22.5. The number of carbonyl (C=O) groups excluding carboxylic acids is 1. The fourth-order valence-corrected chi connectivity index (χ4v) is 3.87. The highest BCUT2D eigenvalue weighted by Gasteiger charge is 2.22. The molecule has 0 fully saturated rings. The van der Waals surface area contributed by atoms with Gasteiger partial charge in [-0.2, -0.15) is 0 Å². The van der Waals surface area contributed by atoms with Crippen LogP contribution in [0, 0.1) is 5.92 Å². The first-order chi connectivity index (χ1) is 14.6. The first-order valence-corrected chi connectivity index (χ1v) is 12.7. The molecule has 1 atom stereocenters. The number of unbranched alkanes of at least 4 members (excludes halogenated alkanes) is 12. The van der Waals surface area contributed by atoms with Gasteiger partial charge in [0.05, 0.1) is 5.92 Å². The molecule has 1 amide bonds. The Hall–Kier alpha value is -1.32. The van der Waals surface area contributed by atoms with Gasteiger partial charge in [-0.3, -0.25) is 9.59 Å². The van der Waals surface area contributed by atoms with Crippen LogP contribution in [-0.4, -0.2) is 35.0 Å². The van der Waals surface area contributed by atoms with E-state index in [-0.39, 0.29) is 12.3 Å². The van der Waals surface area contributed by atoms with E-state index in [0.29, 0.717) is 19.5 Å². The molecule has 0 aromatic heterocycles. The van der Waals surface area contributed by atoms with Crippen molar-refractivity contribution in [3.8, 4) is 0 Å². The lowest BCUT2D eigenvalue weighted by molar-refractivity contribution is -0.146. The summed E-state index contributed by atoms with van der Waals surface area (Å²) in [6.45, 7) is 7.42. The van der Waals surface area contributed by atoms with Gasteiger partial charge in [0, 0.05) is 19.5 Å². The fraction of sp³-hybridized carbons (Fsp3) is 0.846. The lowest BCUT2D eigenvalue weighted by Crippen LogP contribution is -2.33. The quantitative estimate of drug-likeness (QED) is 0.155. The van der Waals surface area contributed by atoms with Crippen LogP contribution in [0.15, 0.2) is 12.2 Å². The van der Waals surface area contributed by atoms with Gasteiger partial charge in [0.15, 0.2) is 0 Å². The number of carboxylic acid groups (broad SMARTS) is 1. The van der Waals surface area contributed by atoms with Crippen molar-refractivity contribution in [2.75, 3.05) is 13.1 Å². The van der Waals surface area contributed by atoms with E-state index in [9.17, 15) is 14.7 Å². The van der Waals surface area contributed by atoms with Crippen LogP contribution in [0.1, 0.15) is 124 Å². The Balaban J connectivity index is 3.64. The van der Waals surface area contributed by atoms with Crippen molar-refractivity contribution >= 4 is 11.9 Å². The van der Waals surface area contributed by atoms with Gasteiger partial charge in [-0.1, -0.05) is 83.3 Å². The predicted octanol–water partition coefficient (Wildman–Crippen LogP) is 7.37. The van der Waals surface area contributed by atoms with Crippen LogP contribution in [0.3, 0.4) is 0 Å². The van der Waals surface area contributed by atoms with Gasteiger partial charge < -0.3 is 10.0 Å². The number of carboxylic acids is 1. The van der Waals surface area contributed by atoms with Gasteiger partial charge in [0.2, 0.25) is 5.91 Å². The molecule has 0 saturated carbocycles. The molecule has 1 unspecified atom stereocenters. The van der Waals surface area contributed by atoms with E-state index in [0.717, 1.165) is 25.7 Å². The molecule has 0 aliphatic rings. The number of rotatable bonds is 21. The molecule has 30 heavy (non-hydrogen) atoms. The van der Waals surface area contributed by atoms with Crippen LogP contribution in [0.4, 0.5) is 0 Å². The molecule has 4 nitrogen and oxygen atoms in total. The number of carbonyl (C=O) groups is 2. The maximum atomic E-state index is 12.1. The lowest BCUT2D eigenvalue weighted by Gasteiger charge is -2.21. The highest BCUT2D eigenvalue weighted by atomic mass is 16.4. The monoisotopic (exact) mass is 423 g/mol. The average Bonchev–Trinajstić information content (AvgIpc) is 2.73. The number of allylic oxidation sites excluding steroid dienone is 2. The van der Waals surface area contributed by atoms with E-state index < -0.39 is 11.9 Å². The SMILES string of the molecule is CCCCCCCCC/C=C/CCCCCCCC(CC(=O)N(CC)CC)C(=O)O. The standard InChI is InChI=1S/C26H49NO3/c1-4-7-8-9-10-11-12-13-14-15-16-17-18-19-20-21-22-24(26(29)30)23-25(28)27(5-2)6-3/h14-15,24H,4-13,16-23H2,1-3H3,(H,29,30)/b15-14+. The molecular weight excluding hydrogens is 374 g/mol. The second-order valence-electron chi connectivity index (χ2n) is 8.53. The second kappa shape index (κ2) is 20.9. The molecule has 0 saturated heterocycles. The van der Waals surface area contributed by atoms with Crippen molar-refractivity contribution in [1.29, 1.82) is 0 Å². The Kier molecular flexibility index (Phi) is 20.0. The topological polar surface area (TPSA) is 57.6 Å². The largest absolute Gasteiger partial charge is 0.481 e. The van der Waals surface area contributed by atoms with Crippen LogP contribution in [-0.2, 0) is 9.59 Å². The Bertz CT molecular complexity index is 444. The summed E-state index contributed by atoms with van der Waals surface area (Å²) >= 11 is 0. The van der Waals surface area contributed by atoms with Crippen molar-refractivity contribution in [2.24, 2.45) is 5.92 Å². The third-order valence-electron chi connectivity index (χ3n) is 5.95. The molecule has 0 radical (unpaired) electrons. The molecule has 0 aliphatic carbocycles. The second-order valence-corrected chi connectivity index (χ2v) is 8.53. The maximum absolute atomic E-state index is 12.1. The predicted molar refractivity (Wildman–Crippen MR) is 128 cm³/mol. The number of aliphatic carboxylic acids is 1. The summed E-state index contributed by atoms with van der Waals surface area (Å²) in [7, 11) is 0. The average molecular weight is 424 g/mol. The van der Waals surface area contributed by atoms with Gasteiger partial charge in [0.25, 0.3) is 0 Å². The molecule has 0 aromatic rings. The van der Waals surface area contributed by atoms with Crippen molar-refractivity contribution in [2.45, 2.75) is 124 Å².